The van der Waals surface area contributed by atoms with Gasteiger partial charge in [-0.15, -0.1) is 0 Å². The summed E-state index contributed by atoms with van der Waals surface area (Å²) in [7, 11) is 0. The van der Waals surface area contributed by atoms with Gasteiger partial charge in [-0.2, -0.15) is 5.26 Å². The maximum absolute atomic E-state index is 9.56. The van der Waals surface area contributed by atoms with Crippen LogP contribution in [0.2, 0.25) is 0 Å². The van der Waals surface area contributed by atoms with Crippen molar-refractivity contribution in [2.45, 2.75) is 44.3 Å². The molecule has 2 unspecified atom stereocenters. The van der Waals surface area contributed by atoms with Crippen molar-refractivity contribution in [3.63, 3.8) is 0 Å². The Morgan fingerprint density at radius 2 is 1.95 bits per heavy atom. The zero-order valence-corrected chi connectivity index (χ0v) is 21.7. The number of hydrogen-bond donors (Lipinski definition) is 1. The number of nitriles is 1. The lowest BCUT2D eigenvalue weighted by Gasteiger charge is -2.52. The SMILES string of the molecule is C[C@@H]1CN(c2ccc(C#N)c3ncccc23)C[C@H](CN2CC3COCC(C2)N3c2cnc3c(c2)CNC3)O1. The summed E-state index contributed by atoms with van der Waals surface area (Å²) in [6, 6.07) is 13.2. The zero-order chi connectivity index (χ0) is 25.6. The highest BCUT2D eigenvalue weighted by Gasteiger charge is 2.40. The van der Waals surface area contributed by atoms with Crippen LogP contribution in [0.1, 0.15) is 23.7 Å². The van der Waals surface area contributed by atoms with Gasteiger partial charge in [0.15, 0.2) is 0 Å². The number of morpholine rings is 2. The summed E-state index contributed by atoms with van der Waals surface area (Å²) in [5.41, 5.74) is 6.22. The van der Waals surface area contributed by atoms with Crippen molar-refractivity contribution in [3.05, 3.63) is 59.5 Å². The third-order valence-electron chi connectivity index (χ3n) is 8.29. The summed E-state index contributed by atoms with van der Waals surface area (Å²) in [5.74, 6) is 0. The van der Waals surface area contributed by atoms with Crippen molar-refractivity contribution in [2.24, 2.45) is 0 Å². The van der Waals surface area contributed by atoms with E-state index >= 15 is 0 Å². The van der Waals surface area contributed by atoms with Crippen LogP contribution in [-0.4, -0.2) is 85.1 Å². The average molecular weight is 512 g/mol. The number of pyridine rings is 2. The van der Waals surface area contributed by atoms with Gasteiger partial charge in [-0.3, -0.25) is 14.9 Å². The molecule has 2 aromatic heterocycles. The minimum Gasteiger partial charge on any atom is -0.377 e. The molecule has 3 aromatic rings. The Bertz CT molecular complexity index is 1380. The summed E-state index contributed by atoms with van der Waals surface area (Å²) < 4.78 is 12.5. The fourth-order valence-corrected chi connectivity index (χ4v) is 6.77. The first-order valence-electron chi connectivity index (χ1n) is 13.6. The second-order valence-electron chi connectivity index (χ2n) is 11.0. The van der Waals surface area contributed by atoms with Crippen molar-refractivity contribution < 1.29 is 9.47 Å². The lowest BCUT2D eigenvalue weighted by molar-refractivity contribution is -0.0479. The Labute approximate surface area is 223 Å². The molecular formula is C29H33N7O2. The Kier molecular flexibility index (Phi) is 6.13. The molecule has 1 N–H and O–H groups in total. The van der Waals surface area contributed by atoms with Gasteiger partial charge in [0.25, 0.3) is 0 Å². The van der Waals surface area contributed by atoms with E-state index in [1.54, 1.807) is 6.20 Å². The predicted molar refractivity (Wildman–Crippen MR) is 145 cm³/mol. The number of piperazine rings is 1. The number of benzene rings is 1. The lowest BCUT2D eigenvalue weighted by Crippen LogP contribution is -2.66. The zero-order valence-electron chi connectivity index (χ0n) is 21.7. The van der Waals surface area contributed by atoms with Crippen LogP contribution in [0.5, 0.6) is 0 Å². The van der Waals surface area contributed by atoms with E-state index in [1.807, 2.05) is 18.3 Å². The third kappa shape index (κ3) is 4.28. The number of ether oxygens (including phenoxy) is 2. The van der Waals surface area contributed by atoms with Crippen LogP contribution < -0.4 is 15.1 Å². The van der Waals surface area contributed by atoms with E-state index in [-0.39, 0.29) is 12.2 Å². The second kappa shape index (κ2) is 9.79. The van der Waals surface area contributed by atoms with Gasteiger partial charge in [0.1, 0.15) is 6.07 Å². The number of fused-ring (bicyclic) bond motifs is 4. The molecule has 0 aliphatic carbocycles. The molecular weight excluding hydrogens is 478 g/mol. The number of rotatable bonds is 4. The molecule has 3 fully saturated rings. The van der Waals surface area contributed by atoms with E-state index in [2.05, 4.69) is 56.2 Å². The summed E-state index contributed by atoms with van der Waals surface area (Å²) in [6.45, 7) is 9.81. The van der Waals surface area contributed by atoms with Crippen LogP contribution in [0.4, 0.5) is 11.4 Å². The van der Waals surface area contributed by atoms with Gasteiger partial charge in [0.2, 0.25) is 0 Å². The number of aromatic nitrogens is 2. The highest BCUT2D eigenvalue weighted by molar-refractivity contribution is 5.95. The van der Waals surface area contributed by atoms with Crippen LogP contribution in [-0.2, 0) is 22.6 Å². The minimum absolute atomic E-state index is 0.0991. The molecule has 4 aliphatic rings. The Morgan fingerprint density at radius 3 is 2.79 bits per heavy atom. The monoisotopic (exact) mass is 511 g/mol. The van der Waals surface area contributed by atoms with Gasteiger partial charge in [-0.1, -0.05) is 0 Å². The van der Waals surface area contributed by atoms with Gasteiger partial charge < -0.3 is 24.6 Å². The number of nitrogens with zero attached hydrogens (tertiary/aromatic N) is 6. The maximum Gasteiger partial charge on any atom is 0.101 e. The van der Waals surface area contributed by atoms with Crippen molar-refractivity contribution in [1.82, 2.24) is 20.2 Å². The normalized spacial score (nSPS) is 27.4. The molecule has 1 aromatic carbocycles. The Balaban J connectivity index is 1.08. The van der Waals surface area contributed by atoms with E-state index in [0.29, 0.717) is 17.6 Å². The van der Waals surface area contributed by atoms with E-state index < -0.39 is 0 Å². The van der Waals surface area contributed by atoms with Crippen LogP contribution in [0.3, 0.4) is 0 Å². The first-order valence-corrected chi connectivity index (χ1v) is 13.6. The molecule has 4 aliphatic heterocycles. The lowest BCUT2D eigenvalue weighted by atomic mass is 10.0. The average Bonchev–Trinajstić information content (AvgIpc) is 3.40. The van der Waals surface area contributed by atoms with Gasteiger partial charge in [0, 0.05) is 63.1 Å². The molecule has 4 atom stereocenters. The van der Waals surface area contributed by atoms with Gasteiger partial charge >= 0.3 is 0 Å². The van der Waals surface area contributed by atoms with E-state index in [4.69, 9.17) is 14.5 Å². The molecule has 0 amide bonds. The summed E-state index contributed by atoms with van der Waals surface area (Å²) in [4.78, 5) is 16.8. The predicted octanol–water partition coefficient (Wildman–Crippen LogP) is 2.29. The van der Waals surface area contributed by atoms with Crippen molar-refractivity contribution in [3.8, 4) is 6.07 Å². The summed E-state index contributed by atoms with van der Waals surface area (Å²) in [6.07, 6.45) is 4.02. The van der Waals surface area contributed by atoms with Crippen LogP contribution in [0.15, 0.2) is 42.7 Å². The number of hydrogen-bond acceptors (Lipinski definition) is 9. The standard InChI is InChI=1S/C29H33N7O2/c1-19-12-35(28-5-4-20(8-30)29-26(28)3-2-6-32-29)16-25(38-19)15-34-13-23-17-37-18-24(14-34)36(23)22-7-21-9-31-11-27(21)33-10-22/h2-7,10,19,23-25,31H,9,11-18H2,1H3/t19-,23?,24?,25+/m1/s1. The van der Waals surface area contributed by atoms with Crippen LogP contribution in [0.25, 0.3) is 10.9 Å². The van der Waals surface area contributed by atoms with Crippen LogP contribution >= 0.6 is 0 Å². The smallest absolute Gasteiger partial charge is 0.101 e. The molecule has 6 heterocycles. The molecule has 9 nitrogen and oxygen atoms in total. The number of anilines is 2. The molecule has 0 radical (unpaired) electrons. The molecule has 3 saturated heterocycles. The molecule has 196 valence electrons. The first kappa shape index (κ1) is 23.8. The highest BCUT2D eigenvalue weighted by Crippen LogP contribution is 2.32. The van der Waals surface area contributed by atoms with Gasteiger partial charge in [0.05, 0.1) is 66.2 Å². The largest absolute Gasteiger partial charge is 0.377 e. The van der Waals surface area contributed by atoms with Crippen molar-refractivity contribution in [1.29, 1.82) is 5.26 Å². The Morgan fingerprint density at radius 1 is 1.08 bits per heavy atom. The van der Waals surface area contributed by atoms with Gasteiger partial charge in [-0.25, -0.2) is 0 Å². The Hall–Kier alpha value is -3.29. The molecule has 7 rings (SSSR count). The van der Waals surface area contributed by atoms with Crippen LogP contribution in [0, 0.1) is 11.3 Å². The fourth-order valence-electron chi connectivity index (χ4n) is 6.77. The fraction of sp³-hybridized carbons (Fsp3) is 0.483. The molecule has 9 heteroatoms. The maximum atomic E-state index is 9.56. The van der Waals surface area contributed by atoms with Gasteiger partial charge in [-0.05, 0) is 42.8 Å². The molecule has 38 heavy (non-hydrogen) atoms. The topological polar surface area (TPSA) is 89.8 Å². The molecule has 0 spiro atoms. The van der Waals surface area contributed by atoms with Crippen molar-refractivity contribution in [2.75, 3.05) is 55.7 Å². The highest BCUT2D eigenvalue weighted by atomic mass is 16.5. The van der Waals surface area contributed by atoms with Crippen molar-refractivity contribution >= 4 is 22.3 Å². The third-order valence-corrected chi connectivity index (χ3v) is 8.29. The van der Waals surface area contributed by atoms with E-state index in [9.17, 15) is 5.26 Å². The first-order chi connectivity index (χ1) is 18.7. The van der Waals surface area contributed by atoms with E-state index in [0.717, 1.165) is 75.6 Å². The number of nitrogens with one attached hydrogen (secondary N) is 1. The molecule has 0 saturated carbocycles. The second-order valence-corrected chi connectivity index (χ2v) is 11.0. The summed E-state index contributed by atoms with van der Waals surface area (Å²) in [5, 5.41) is 14.0. The van der Waals surface area contributed by atoms with E-state index in [1.165, 1.54) is 16.9 Å². The quantitative estimate of drug-likeness (QED) is 0.567. The summed E-state index contributed by atoms with van der Waals surface area (Å²) >= 11 is 0. The molecule has 2 bridgehead atoms. The minimum atomic E-state index is 0.0991.